The molecule has 4 rings (SSSR count). The molecule has 0 atom stereocenters. The SMILES string of the molecule is CCCCCCCc1ccc2c(c1)c1cc(CCCCCCC)ccc1n2-c1ccc(N)cc1. The van der Waals surface area contributed by atoms with Crippen molar-refractivity contribution < 1.29 is 0 Å². The van der Waals surface area contributed by atoms with E-state index in [1.54, 1.807) is 0 Å². The van der Waals surface area contributed by atoms with Crippen LogP contribution >= 0.6 is 0 Å². The number of fused-ring (bicyclic) bond motifs is 3. The number of nitrogen functional groups attached to an aromatic ring is 1. The fraction of sp³-hybridized carbons (Fsp3) is 0.438. The molecule has 3 aromatic carbocycles. The molecule has 2 nitrogen and oxygen atoms in total. The monoisotopic (exact) mass is 454 g/mol. The van der Waals surface area contributed by atoms with Crippen LogP contribution in [0, 0.1) is 0 Å². The van der Waals surface area contributed by atoms with Crippen LogP contribution < -0.4 is 5.73 Å². The van der Waals surface area contributed by atoms with Gasteiger partial charge in [0.05, 0.1) is 11.0 Å². The van der Waals surface area contributed by atoms with Gasteiger partial charge in [0, 0.05) is 22.1 Å². The molecule has 1 aromatic heterocycles. The third-order valence-electron chi connectivity index (χ3n) is 7.18. The van der Waals surface area contributed by atoms with Gasteiger partial charge in [-0.2, -0.15) is 0 Å². The molecule has 0 saturated heterocycles. The number of nitrogens with zero attached hydrogens (tertiary/aromatic N) is 1. The van der Waals surface area contributed by atoms with E-state index in [0.717, 1.165) is 5.69 Å². The Morgan fingerprint density at radius 2 is 1.03 bits per heavy atom. The lowest BCUT2D eigenvalue weighted by Crippen LogP contribution is -1.95. The molecule has 0 aliphatic carbocycles. The summed E-state index contributed by atoms with van der Waals surface area (Å²) in [5.41, 5.74) is 13.5. The van der Waals surface area contributed by atoms with Crippen LogP contribution in [0.5, 0.6) is 0 Å². The molecule has 4 aromatic rings. The Hall–Kier alpha value is -2.74. The van der Waals surface area contributed by atoms with Crippen molar-refractivity contribution in [2.24, 2.45) is 0 Å². The minimum Gasteiger partial charge on any atom is -0.399 e. The summed E-state index contributed by atoms with van der Waals surface area (Å²) >= 11 is 0. The van der Waals surface area contributed by atoms with Crippen molar-refractivity contribution in [3.05, 3.63) is 71.8 Å². The molecule has 0 unspecified atom stereocenters. The van der Waals surface area contributed by atoms with E-state index in [9.17, 15) is 0 Å². The summed E-state index contributed by atoms with van der Waals surface area (Å²) in [6, 6.07) is 22.5. The molecular weight excluding hydrogens is 412 g/mol. The molecule has 34 heavy (non-hydrogen) atoms. The number of unbranched alkanes of at least 4 members (excludes halogenated alkanes) is 8. The zero-order valence-corrected chi connectivity index (χ0v) is 21.3. The lowest BCUT2D eigenvalue weighted by molar-refractivity contribution is 0.632. The van der Waals surface area contributed by atoms with Crippen molar-refractivity contribution in [1.82, 2.24) is 4.57 Å². The van der Waals surface area contributed by atoms with Crippen molar-refractivity contribution >= 4 is 27.5 Å². The summed E-state index contributed by atoms with van der Waals surface area (Å²) in [4.78, 5) is 0. The average Bonchev–Trinajstić information content (AvgIpc) is 3.17. The fourth-order valence-electron chi connectivity index (χ4n) is 5.20. The van der Waals surface area contributed by atoms with Crippen LogP contribution in [-0.2, 0) is 12.8 Å². The topological polar surface area (TPSA) is 30.9 Å². The molecule has 0 fully saturated rings. The molecule has 0 aliphatic rings. The van der Waals surface area contributed by atoms with Crippen molar-refractivity contribution in [3.63, 3.8) is 0 Å². The highest BCUT2D eigenvalue weighted by Crippen LogP contribution is 2.34. The second-order valence-corrected chi connectivity index (χ2v) is 9.96. The van der Waals surface area contributed by atoms with Gasteiger partial charge in [-0.1, -0.05) is 77.3 Å². The first-order valence-corrected chi connectivity index (χ1v) is 13.6. The summed E-state index contributed by atoms with van der Waals surface area (Å²) in [6.07, 6.45) is 15.6. The largest absolute Gasteiger partial charge is 0.399 e. The number of aryl methyl sites for hydroxylation is 2. The van der Waals surface area contributed by atoms with Crippen LogP contribution in [0.25, 0.3) is 27.5 Å². The van der Waals surface area contributed by atoms with E-state index in [2.05, 4.69) is 66.9 Å². The second-order valence-electron chi connectivity index (χ2n) is 9.96. The Labute approximate surface area is 206 Å². The molecule has 2 N–H and O–H groups in total. The van der Waals surface area contributed by atoms with Gasteiger partial charge in [0.1, 0.15) is 0 Å². The number of rotatable bonds is 13. The Morgan fingerprint density at radius 1 is 0.559 bits per heavy atom. The van der Waals surface area contributed by atoms with Crippen LogP contribution in [0.4, 0.5) is 5.69 Å². The van der Waals surface area contributed by atoms with Gasteiger partial charge in [0.25, 0.3) is 0 Å². The van der Waals surface area contributed by atoms with Crippen LogP contribution in [0.2, 0.25) is 0 Å². The van der Waals surface area contributed by atoms with Crippen LogP contribution in [-0.4, -0.2) is 4.57 Å². The van der Waals surface area contributed by atoms with E-state index < -0.39 is 0 Å². The summed E-state index contributed by atoms with van der Waals surface area (Å²) in [7, 11) is 0. The Morgan fingerprint density at radius 3 is 1.50 bits per heavy atom. The van der Waals surface area contributed by atoms with Gasteiger partial charge in [-0.05, 0) is 85.3 Å². The van der Waals surface area contributed by atoms with E-state index >= 15 is 0 Å². The molecule has 2 heteroatoms. The van der Waals surface area contributed by atoms with E-state index in [0.29, 0.717) is 0 Å². The van der Waals surface area contributed by atoms with Crippen LogP contribution in [0.15, 0.2) is 60.7 Å². The van der Waals surface area contributed by atoms with Crippen molar-refractivity contribution in [1.29, 1.82) is 0 Å². The molecular formula is C32H42N2. The lowest BCUT2D eigenvalue weighted by atomic mass is 10.0. The Kier molecular flexibility index (Phi) is 8.68. The summed E-state index contributed by atoms with van der Waals surface area (Å²) in [6.45, 7) is 4.56. The lowest BCUT2D eigenvalue weighted by Gasteiger charge is -2.09. The van der Waals surface area contributed by atoms with Gasteiger partial charge >= 0.3 is 0 Å². The molecule has 0 bridgehead atoms. The first kappa shape index (κ1) is 24.4. The minimum atomic E-state index is 0.806. The van der Waals surface area contributed by atoms with E-state index in [4.69, 9.17) is 5.73 Å². The maximum atomic E-state index is 5.99. The van der Waals surface area contributed by atoms with Gasteiger partial charge < -0.3 is 10.3 Å². The molecule has 180 valence electrons. The zero-order valence-electron chi connectivity index (χ0n) is 21.3. The summed E-state index contributed by atoms with van der Waals surface area (Å²) in [5.74, 6) is 0. The third kappa shape index (κ3) is 5.84. The van der Waals surface area contributed by atoms with Gasteiger partial charge in [-0.3, -0.25) is 0 Å². The zero-order chi connectivity index (χ0) is 23.8. The second kappa shape index (κ2) is 12.1. The number of hydrogen-bond acceptors (Lipinski definition) is 1. The third-order valence-corrected chi connectivity index (χ3v) is 7.18. The number of benzene rings is 3. The molecule has 1 heterocycles. The minimum absolute atomic E-state index is 0.806. The van der Waals surface area contributed by atoms with E-state index in [1.165, 1.54) is 116 Å². The molecule has 0 saturated carbocycles. The van der Waals surface area contributed by atoms with Gasteiger partial charge in [0.2, 0.25) is 0 Å². The maximum absolute atomic E-state index is 5.99. The number of hydrogen-bond donors (Lipinski definition) is 1. The maximum Gasteiger partial charge on any atom is 0.0541 e. The average molecular weight is 455 g/mol. The smallest absolute Gasteiger partial charge is 0.0541 e. The highest BCUT2D eigenvalue weighted by Gasteiger charge is 2.13. The first-order valence-electron chi connectivity index (χ1n) is 13.6. The predicted molar refractivity (Wildman–Crippen MR) is 150 cm³/mol. The number of nitrogens with two attached hydrogens (primary N) is 1. The molecule has 0 amide bonds. The van der Waals surface area contributed by atoms with Crippen LogP contribution in [0.3, 0.4) is 0 Å². The molecule has 0 radical (unpaired) electrons. The van der Waals surface area contributed by atoms with E-state index in [1.807, 2.05) is 12.1 Å². The van der Waals surface area contributed by atoms with Gasteiger partial charge in [0.15, 0.2) is 0 Å². The number of anilines is 1. The highest BCUT2D eigenvalue weighted by molar-refractivity contribution is 6.09. The first-order chi connectivity index (χ1) is 16.7. The highest BCUT2D eigenvalue weighted by atomic mass is 15.0. The summed E-state index contributed by atoms with van der Waals surface area (Å²) < 4.78 is 2.40. The quantitative estimate of drug-likeness (QED) is 0.158. The molecule has 0 spiro atoms. The Bertz CT molecular complexity index is 1110. The van der Waals surface area contributed by atoms with Crippen molar-refractivity contribution in [3.8, 4) is 5.69 Å². The standard InChI is InChI=1S/C32H42N2/c1-3-5-7-9-11-13-25-15-21-31-29(23-25)30-24-26(14-12-10-8-6-4-2)16-22-32(30)34(31)28-19-17-27(33)18-20-28/h15-24H,3-14,33H2,1-2H3. The van der Waals surface area contributed by atoms with Gasteiger partial charge in [-0.25, -0.2) is 0 Å². The molecule has 0 aliphatic heterocycles. The van der Waals surface area contributed by atoms with Crippen molar-refractivity contribution in [2.45, 2.75) is 90.9 Å². The van der Waals surface area contributed by atoms with Crippen molar-refractivity contribution in [2.75, 3.05) is 5.73 Å². The normalized spacial score (nSPS) is 11.6. The van der Waals surface area contributed by atoms with Crippen LogP contribution in [0.1, 0.15) is 89.2 Å². The summed E-state index contributed by atoms with van der Waals surface area (Å²) in [5, 5.41) is 2.76. The predicted octanol–water partition coefficient (Wildman–Crippen LogP) is 9.39. The fourth-order valence-corrected chi connectivity index (χ4v) is 5.20. The Balaban J connectivity index is 1.67. The van der Waals surface area contributed by atoms with E-state index in [-0.39, 0.29) is 0 Å². The number of aromatic nitrogens is 1. The van der Waals surface area contributed by atoms with Gasteiger partial charge in [-0.15, -0.1) is 0 Å².